The lowest BCUT2D eigenvalue weighted by atomic mass is 10.1. The summed E-state index contributed by atoms with van der Waals surface area (Å²) in [6.07, 6.45) is 1.63. The van der Waals surface area contributed by atoms with Gasteiger partial charge in [-0.2, -0.15) is 5.10 Å². The maximum atomic E-state index is 13.8. The molecular weight excluding hydrogens is 277 g/mol. The van der Waals surface area contributed by atoms with Crippen molar-refractivity contribution in [2.75, 3.05) is 0 Å². The van der Waals surface area contributed by atoms with Crippen LogP contribution in [0, 0.1) is 12.7 Å². The number of carbonyl (C=O) groups excluding carboxylic acids is 1. The van der Waals surface area contributed by atoms with E-state index in [1.165, 1.54) is 17.4 Å². The van der Waals surface area contributed by atoms with Crippen LogP contribution in [0.3, 0.4) is 0 Å². The van der Waals surface area contributed by atoms with E-state index in [4.69, 9.17) is 0 Å². The van der Waals surface area contributed by atoms with Crippen molar-refractivity contribution in [2.45, 2.75) is 13.5 Å². The number of hydrogen-bond donors (Lipinski definition) is 2. The van der Waals surface area contributed by atoms with Gasteiger partial charge in [0.1, 0.15) is 5.82 Å². The summed E-state index contributed by atoms with van der Waals surface area (Å²) in [6, 6.07) is 6.67. The fourth-order valence-corrected chi connectivity index (χ4v) is 3.25. The molecule has 0 unspecified atom stereocenters. The number of hydrogen-bond acceptors (Lipinski definition) is 3. The first-order valence-electron chi connectivity index (χ1n) is 6.11. The number of aromatic amines is 1. The smallest absolute Gasteiger partial charge is 0.261 e. The predicted octanol–water partition coefficient (Wildman–Crippen LogP) is 3.00. The van der Waals surface area contributed by atoms with Gasteiger partial charge in [0.25, 0.3) is 5.91 Å². The van der Waals surface area contributed by atoms with Gasteiger partial charge in [-0.1, -0.05) is 6.07 Å². The van der Waals surface area contributed by atoms with E-state index in [1.807, 2.05) is 6.07 Å². The van der Waals surface area contributed by atoms with E-state index < -0.39 is 0 Å². The van der Waals surface area contributed by atoms with Gasteiger partial charge in [0.2, 0.25) is 0 Å². The van der Waals surface area contributed by atoms with Crippen LogP contribution in [0.2, 0.25) is 0 Å². The maximum Gasteiger partial charge on any atom is 0.261 e. The van der Waals surface area contributed by atoms with Crippen LogP contribution in [-0.2, 0) is 6.54 Å². The van der Waals surface area contributed by atoms with E-state index in [2.05, 4.69) is 15.5 Å². The molecule has 0 aliphatic rings. The zero-order valence-corrected chi connectivity index (χ0v) is 11.6. The number of carbonyl (C=O) groups is 1. The fraction of sp³-hybridized carbons (Fsp3) is 0.143. The van der Waals surface area contributed by atoms with E-state index >= 15 is 0 Å². The molecule has 4 nitrogen and oxygen atoms in total. The molecule has 0 fully saturated rings. The van der Waals surface area contributed by atoms with Gasteiger partial charge in [0, 0.05) is 16.3 Å². The molecule has 0 atom stereocenters. The minimum Gasteiger partial charge on any atom is -0.346 e. The van der Waals surface area contributed by atoms with Crippen molar-refractivity contribution < 1.29 is 9.18 Å². The van der Waals surface area contributed by atoms with Crippen LogP contribution in [-0.4, -0.2) is 16.1 Å². The molecule has 0 saturated carbocycles. The number of amides is 1. The molecule has 0 saturated heterocycles. The number of nitrogens with one attached hydrogen (secondary N) is 2. The van der Waals surface area contributed by atoms with Crippen molar-refractivity contribution in [1.29, 1.82) is 0 Å². The highest BCUT2D eigenvalue weighted by Crippen LogP contribution is 2.32. The molecule has 2 heterocycles. The number of rotatable bonds is 3. The molecule has 0 aliphatic heterocycles. The third-order valence-corrected chi connectivity index (χ3v) is 4.36. The first kappa shape index (κ1) is 12.8. The van der Waals surface area contributed by atoms with Gasteiger partial charge < -0.3 is 5.32 Å². The molecule has 0 aliphatic carbocycles. The molecule has 3 aromatic rings. The minimum atomic E-state index is -0.288. The summed E-state index contributed by atoms with van der Waals surface area (Å²) < 4.78 is 14.6. The Kier molecular flexibility index (Phi) is 3.23. The Bertz CT molecular complexity index is 764. The Balaban J connectivity index is 1.88. The Morgan fingerprint density at radius 2 is 2.30 bits per heavy atom. The van der Waals surface area contributed by atoms with Gasteiger partial charge in [-0.25, -0.2) is 4.39 Å². The summed E-state index contributed by atoms with van der Waals surface area (Å²) >= 11 is 1.31. The quantitative estimate of drug-likeness (QED) is 0.778. The fourth-order valence-electron chi connectivity index (χ4n) is 2.11. The molecular formula is C14H12FN3OS. The number of fused-ring (bicyclic) bond motifs is 1. The molecule has 1 aromatic carbocycles. The molecule has 1 amide bonds. The maximum absolute atomic E-state index is 13.8. The van der Waals surface area contributed by atoms with Crippen molar-refractivity contribution in [3.63, 3.8) is 0 Å². The normalized spacial score (nSPS) is 10.9. The van der Waals surface area contributed by atoms with Crippen LogP contribution in [0.15, 0.2) is 30.5 Å². The third-order valence-electron chi connectivity index (χ3n) is 3.11. The molecule has 2 N–H and O–H groups in total. The Hall–Kier alpha value is -2.21. The van der Waals surface area contributed by atoms with Crippen LogP contribution < -0.4 is 5.32 Å². The van der Waals surface area contributed by atoms with Crippen molar-refractivity contribution in [2.24, 2.45) is 0 Å². The Morgan fingerprint density at radius 1 is 1.45 bits per heavy atom. The van der Waals surface area contributed by atoms with Crippen LogP contribution in [0.5, 0.6) is 0 Å². The van der Waals surface area contributed by atoms with E-state index in [1.54, 1.807) is 25.3 Å². The summed E-state index contributed by atoms with van der Waals surface area (Å²) in [7, 11) is 0. The van der Waals surface area contributed by atoms with E-state index in [0.717, 1.165) is 10.4 Å². The highest BCUT2D eigenvalue weighted by molar-refractivity contribution is 7.21. The lowest BCUT2D eigenvalue weighted by Gasteiger charge is -2.02. The standard InChI is InChI=1S/C14H12FN3OS/c1-8-12-10(15)3-2-4-11(12)20-13(8)14(19)16-7-9-5-6-17-18-9/h2-6H,7H2,1H3,(H,16,19)(H,17,18). The first-order chi connectivity index (χ1) is 9.66. The second-order valence-electron chi connectivity index (χ2n) is 4.43. The van der Waals surface area contributed by atoms with Gasteiger partial charge in [-0.15, -0.1) is 11.3 Å². The molecule has 0 bridgehead atoms. The topological polar surface area (TPSA) is 57.8 Å². The second-order valence-corrected chi connectivity index (χ2v) is 5.49. The van der Waals surface area contributed by atoms with Crippen LogP contribution in [0.4, 0.5) is 4.39 Å². The second kappa shape index (κ2) is 5.05. The lowest BCUT2D eigenvalue weighted by molar-refractivity contribution is 0.0954. The summed E-state index contributed by atoms with van der Waals surface area (Å²) in [6.45, 7) is 2.14. The van der Waals surface area contributed by atoms with Crippen LogP contribution >= 0.6 is 11.3 Å². The number of thiophene rings is 1. The van der Waals surface area contributed by atoms with Crippen LogP contribution in [0.1, 0.15) is 20.9 Å². The number of aromatic nitrogens is 2. The number of halogens is 1. The van der Waals surface area contributed by atoms with Gasteiger partial charge in [0.05, 0.1) is 17.1 Å². The average Bonchev–Trinajstić information content (AvgIpc) is 3.05. The molecule has 102 valence electrons. The highest BCUT2D eigenvalue weighted by Gasteiger charge is 2.17. The lowest BCUT2D eigenvalue weighted by Crippen LogP contribution is -2.22. The van der Waals surface area contributed by atoms with Gasteiger partial charge in [0.15, 0.2) is 0 Å². The summed E-state index contributed by atoms with van der Waals surface area (Å²) in [5.74, 6) is -0.485. The van der Waals surface area contributed by atoms with Crippen molar-refractivity contribution in [3.8, 4) is 0 Å². The van der Waals surface area contributed by atoms with Gasteiger partial charge >= 0.3 is 0 Å². The zero-order chi connectivity index (χ0) is 14.1. The minimum absolute atomic E-state index is 0.197. The van der Waals surface area contributed by atoms with Crippen molar-refractivity contribution >= 4 is 27.3 Å². The number of H-pyrrole nitrogens is 1. The number of aryl methyl sites for hydroxylation is 1. The summed E-state index contributed by atoms with van der Waals surface area (Å²) in [4.78, 5) is 12.7. The Labute approximate surface area is 118 Å². The van der Waals surface area contributed by atoms with Gasteiger partial charge in [-0.05, 0) is 30.7 Å². The average molecular weight is 289 g/mol. The summed E-state index contributed by atoms with van der Waals surface area (Å²) in [5, 5.41) is 9.92. The summed E-state index contributed by atoms with van der Waals surface area (Å²) in [5.41, 5.74) is 1.51. The molecule has 0 radical (unpaired) electrons. The predicted molar refractivity (Wildman–Crippen MR) is 76.3 cm³/mol. The van der Waals surface area contributed by atoms with E-state index in [0.29, 0.717) is 22.4 Å². The van der Waals surface area contributed by atoms with Gasteiger partial charge in [-0.3, -0.25) is 9.89 Å². The Morgan fingerprint density at radius 3 is 3.00 bits per heavy atom. The van der Waals surface area contributed by atoms with E-state index in [-0.39, 0.29) is 11.7 Å². The molecule has 0 spiro atoms. The third kappa shape index (κ3) is 2.18. The van der Waals surface area contributed by atoms with Crippen molar-refractivity contribution in [1.82, 2.24) is 15.5 Å². The largest absolute Gasteiger partial charge is 0.346 e. The van der Waals surface area contributed by atoms with E-state index in [9.17, 15) is 9.18 Å². The van der Waals surface area contributed by atoms with Crippen molar-refractivity contribution in [3.05, 3.63) is 52.4 Å². The highest BCUT2D eigenvalue weighted by atomic mass is 32.1. The molecule has 2 aromatic heterocycles. The number of nitrogens with zero attached hydrogens (tertiary/aromatic N) is 1. The number of benzene rings is 1. The molecule has 20 heavy (non-hydrogen) atoms. The monoisotopic (exact) mass is 289 g/mol. The SMILES string of the molecule is Cc1c(C(=O)NCc2ccn[nH]2)sc2cccc(F)c12. The first-order valence-corrected chi connectivity index (χ1v) is 6.92. The molecule has 3 rings (SSSR count). The van der Waals surface area contributed by atoms with Crippen LogP contribution in [0.25, 0.3) is 10.1 Å². The molecule has 6 heteroatoms. The zero-order valence-electron chi connectivity index (χ0n) is 10.7.